The summed E-state index contributed by atoms with van der Waals surface area (Å²) < 4.78 is 0. The molecule has 2 saturated heterocycles. The summed E-state index contributed by atoms with van der Waals surface area (Å²) in [5.74, 6) is -1.81. The fraction of sp³-hybridized carbons (Fsp3) is 0.571. The molecule has 1 spiro atoms. The Balaban J connectivity index is 1.95. The van der Waals surface area contributed by atoms with Crippen LogP contribution in [0.2, 0.25) is 0 Å². The maximum Gasteiger partial charge on any atom is 0.250 e. The van der Waals surface area contributed by atoms with Gasteiger partial charge in [0.25, 0.3) is 0 Å². The first kappa shape index (κ1) is 18.2. The molecule has 3 amide bonds. The minimum Gasteiger partial charge on any atom is -0.324 e. The Morgan fingerprint density at radius 3 is 2.37 bits per heavy atom. The number of hydrogen-bond donors (Lipinski definition) is 2. The van der Waals surface area contributed by atoms with E-state index in [0.29, 0.717) is 0 Å². The molecular formula is C21H27N3O3. The summed E-state index contributed by atoms with van der Waals surface area (Å²) in [6.07, 6.45) is 0. The Labute approximate surface area is 159 Å². The fourth-order valence-electron chi connectivity index (χ4n) is 5.08. The summed E-state index contributed by atoms with van der Waals surface area (Å²) in [7, 11) is 0. The molecule has 144 valence electrons. The number of carbonyl (C=O) groups is 3. The molecular weight excluding hydrogens is 342 g/mol. The topological polar surface area (TPSA) is 78.5 Å². The van der Waals surface area contributed by atoms with Crippen LogP contribution in [0.5, 0.6) is 0 Å². The number of likely N-dealkylation sites (tertiary alicyclic amines) is 1. The van der Waals surface area contributed by atoms with E-state index in [1.165, 1.54) is 4.90 Å². The lowest BCUT2D eigenvalue weighted by Crippen LogP contribution is -2.56. The molecule has 6 nitrogen and oxygen atoms in total. The van der Waals surface area contributed by atoms with E-state index >= 15 is 0 Å². The number of benzene rings is 1. The molecule has 2 N–H and O–H groups in total. The zero-order valence-corrected chi connectivity index (χ0v) is 16.7. The van der Waals surface area contributed by atoms with Gasteiger partial charge in [0, 0.05) is 22.8 Å². The molecule has 0 bridgehead atoms. The van der Waals surface area contributed by atoms with Gasteiger partial charge in [0.15, 0.2) is 0 Å². The number of amides is 3. The Kier molecular flexibility index (Phi) is 3.64. The largest absolute Gasteiger partial charge is 0.324 e. The summed E-state index contributed by atoms with van der Waals surface area (Å²) in [4.78, 5) is 41.4. The van der Waals surface area contributed by atoms with Crippen LogP contribution in [-0.2, 0) is 19.9 Å². The van der Waals surface area contributed by atoms with Crippen LogP contribution in [0.1, 0.15) is 45.7 Å². The average molecular weight is 369 g/mol. The highest BCUT2D eigenvalue weighted by molar-refractivity contribution is 6.15. The van der Waals surface area contributed by atoms with Gasteiger partial charge in [0.2, 0.25) is 17.7 Å². The zero-order chi connectivity index (χ0) is 19.9. The Morgan fingerprint density at radius 1 is 1.11 bits per heavy atom. The van der Waals surface area contributed by atoms with Gasteiger partial charge in [-0.05, 0) is 39.7 Å². The first-order valence-corrected chi connectivity index (χ1v) is 9.58. The second kappa shape index (κ2) is 5.41. The number of nitrogens with one attached hydrogen (secondary N) is 2. The van der Waals surface area contributed by atoms with E-state index < -0.39 is 22.9 Å². The number of nitrogens with zero attached hydrogens (tertiary/aromatic N) is 1. The van der Waals surface area contributed by atoms with Gasteiger partial charge < -0.3 is 5.32 Å². The molecule has 1 aromatic carbocycles. The Bertz CT molecular complexity index is 870. The molecule has 6 heteroatoms. The van der Waals surface area contributed by atoms with Gasteiger partial charge in [-0.15, -0.1) is 0 Å². The van der Waals surface area contributed by atoms with Crippen molar-refractivity contribution in [3.8, 4) is 0 Å². The normalized spacial score (nSPS) is 32.5. The first-order chi connectivity index (χ1) is 12.5. The van der Waals surface area contributed by atoms with E-state index in [2.05, 4.69) is 10.6 Å². The average Bonchev–Trinajstić information content (AvgIpc) is 3.13. The highest BCUT2D eigenvalue weighted by Gasteiger charge is 2.71. The monoisotopic (exact) mass is 369 g/mol. The smallest absolute Gasteiger partial charge is 0.250 e. The summed E-state index contributed by atoms with van der Waals surface area (Å²) >= 11 is 0. The first-order valence-electron chi connectivity index (χ1n) is 9.58. The van der Waals surface area contributed by atoms with Crippen molar-refractivity contribution in [1.29, 1.82) is 0 Å². The second-order valence-corrected chi connectivity index (χ2v) is 9.41. The van der Waals surface area contributed by atoms with Crippen molar-refractivity contribution in [2.75, 3.05) is 5.32 Å². The predicted molar refractivity (Wildman–Crippen MR) is 102 cm³/mol. The van der Waals surface area contributed by atoms with Gasteiger partial charge in [0.05, 0.1) is 11.8 Å². The van der Waals surface area contributed by atoms with Crippen LogP contribution < -0.4 is 10.6 Å². The molecule has 0 unspecified atom stereocenters. The lowest BCUT2D eigenvalue weighted by atomic mass is 9.75. The molecule has 4 rings (SSSR count). The van der Waals surface area contributed by atoms with Crippen molar-refractivity contribution in [3.63, 3.8) is 0 Å². The van der Waals surface area contributed by atoms with E-state index in [0.717, 1.165) is 16.8 Å². The highest BCUT2D eigenvalue weighted by atomic mass is 16.2. The molecule has 3 aliphatic rings. The van der Waals surface area contributed by atoms with Crippen molar-refractivity contribution in [1.82, 2.24) is 10.2 Å². The molecule has 2 fully saturated rings. The van der Waals surface area contributed by atoms with Gasteiger partial charge in [-0.25, -0.2) is 0 Å². The van der Waals surface area contributed by atoms with E-state index in [1.807, 2.05) is 59.7 Å². The molecule has 0 saturated carbocycles. The number of fused-ring (bicyclic) bond motifs is 4. The van der Waals surface area contributed by atoms with Crippen molar-refractivity contribution >= 4 is 23.4 Å². The van der Waals surface area contributed by atoms with Crippen LogP contribution in [0.3, 0.4) is 0 Å². The Morgan fingerprint density at radius 2 is 1.78 bits per heavy atom. The van der Waals surface area contributed by atoms with Gasteiger partial charge >= 0.3 is 0 Å². The number of aryl methyl sites for hydroxylation is 1. The third-order valence-electron chi connectivity index (χ3n) is 6.19. The second-order valence-electron chi connectivity index (χ2n) is 9.41. The molecule has 3 heterocycles. The number of anilines is 1. The quantitative estimate of drug-likeness (QED) is 0.744. The maximum absolute atomic E-state index is 13.5. The Hall–Kier alpha value is -2.21. The predicted octanol–water partition coefficient (Wildman–Crippen LogP) is 2.17. The van der Waals surface area contributed by atoms with Gasteiger partial charge in [-0.2, -0.15) is 0 Å². The van der Waals surface area contributed by atoms with Gasteiger partial charge in [0.1, 0.15) is 5.54 Å². The van der Waals surface area contributed by atoms with Gasteiger partial charge in [-0.1, -0.05) is 31.5 Å². The van der Waals surface area contributed by atoms with Crippen LogP contribution in [-0.4, -0.2) is 34.2 Å². The lowest BCUT2D eigenvalue weighted by molar-refractivity contribution is -0.148. The molecule has 27 heavy (non-hydrogen) atoms. The molecule has 1 aromatic rings. The van der Waals surface area contributed by atoms with Crippen LogP contribution in [0, 0.1) is 24.7 Å². The summed E-state index contributed by atoms with van der Waals surface area (Å²) in [6, 6.07) is 5.53. The summed E-state index contributed by atoms with van der Waals surface area (Å²) in [5.41, 5.74) is 0.707. The number of carbonyl (C=O) groups excluding carboxylic acids is 3. The number of imide groups is 1. The molecule has 0 aromatic heterocycles. The minimum absolute atomic E-state index is 0.107. The third-order valence-corrected chi connectivity index (χ3v) is 6.19. The minimum atomic E-state index is -1.19. The van der Waals surface area contributed by atoms with Crippen LogP contribution in [0.4, 0.5) is 5.69 Å². The van der Waals surface area contributed by atoms with Crippen molar-refractivity contribution in [2.24, 2.45) is 17.8 Å². The third kappa shape index (κ3) is 2.19. The highest BCUT2D eigenvalue weighted by Crippen LogP contribution is 2.54. The number of rotatable bonds is 1. The van der Waals surface area contributed by atoms with Crippen LogP contribution in [0.25, 0.3) is 0 Å². The molecule has 4 atom stereocenters. The van der Waals surface area contributed by atoms with E-state index in [4.69, 9.17) is 0 Å². The summed E-state index contributed by atoms with van der Waals surface area (Å²) in [6.45, 7) is 11.6. The van der Waals surface area contributed by atoms with E-state index in [-0.39, 0.29) is 29.7 Å². The van der Waals surface area contributed by atoms with Crippen molar-refractivity contribution in [3.05, 3.63) is 29.3 Å². The molecule has 0 radical (unpaired) electrons. The lowest BCUT2D eigenvalue weighted by Gasteiger charge is -2.35. The van der Waals surface area contributed by atoms with Gasteiger partial charge in [-0.3, -0.25) is 24.6 Å². The maximum atomic E-state index is 13.5. The molecule has 3 aliphatic heterocycles. The van der Waals surface area contributed by atoms with E-state index in [9.17, 15) is 14.4 Å². The van der Waals surface area contributed by atoms with E-state index in [1.54, 1.807) is 0 Å². The standard InChI is InChI=1S/C21H27N3O3/c1-10(2)16-14-15(18(26)24(17(14)25)20(4,5)6)21(23-16)12-9-11(3)7-8-13(12)22-19(21)27/h7-10,14-16,23H,1-6H3,(H,22,27)/t14-,15-,16+,21-/m0/s1. The fourth-order valence-corrected chi connectivity index (χ4v) is 5.08. The van der Waals surface area contributed by atoms with Crippen molar-refractivity contribution in [2.45, 2.75) is 58.7 Å². The molecule has 0 aliphatic carbocycles. The summed E-state index contributed by atoms with van der Waals surface area (Å²) in [5, 5.41) is 6.39. The zero-order valence-electron chi connectivity index (χ0n) is 16.7. The SMILES string of the molecule is Cc1ccc2c(c1)[C@@]1(N[C@H](C(C)C)[C@H]3C(=O)N(C(C)(C)C)C(=O)[C@H]31)C(=O)N2. The number of hydrogen-bond acceptors (Lipinski definition) is 4. The van der Waals surface area contributed by atoms with Crippen LogP contribution in [0.15, 0.2) is 18.2 Å². The van der Waals surface area contributed by atoms with Crippen molar-refractivity contribution < 1.29 is 14.4 Å². The van der Waals surface area contributed by atoms with Crippen LogP contribution >= 0.6 is 0 Å².